The number of hydrogen-bond acceptors (Lipinski definition) is 5. The van der Waals surface area contributed by atoms with Crippen LogP contribution in [-0.4, -0.2) is 18.1 Å². The first kappa shape index (κ1) is 14.1. The number of anilines is 3. The van der Waals surface area contributed by atoms with Gasteiger partial charge in [0.25, 0.3) is 0 Å². The van der Waals surface area contributed by atoms with Crippen molar-refractivity contribution in [2.24, 2.45) is 0 Å². The number of nitrogens with one attached hydrogen (secondary N) is 1. The minimum Gasteiger partial charge on any atom is -0.465 e. The molecule has 0 saturated carbocycles. The second-order valence-corrected chi connectivity index (χ2v) is 4.65. The molecule has 0 radical (unpaired) electrons. The van der Waals surface area contributed by atoms with Crippen LogP contribution in [0.4, 0.5) is 17.2 Å². The predicted molar refractivity (Wildman–Crippen MR) is 79.5 cm³/mol. The highest BCUT2D eigenvalue weighted by molar-refractivity contribution is 6.31. The van der Waals surface area contributed by atoms with Crippen molar-refractivity contribution in [1.82, 2.24) is 4.98 Å². The van der Waals surface area contributed by atoms with E-state index in [0.29, 0.717) is 16.5 Å². The first-order chi connectivity index (χ1) is 9.51. The van der Waals surface area contributed by atoms with Gasteiger partial charge in [0, 0.05) is 10.7 Å². The highest BCUT2D eigenvalue weighted by Crippen LogP contribution is 2.25. The van der Waals surface area contributed by atoms with Crippen molar-refractivity contribution in [2.75, 3.05) is 18.2 Å². The summed E-state index contributed by atoms with van der Waals surface area (Å²) in [6.45, 7) is 1.91. The molecule has 0 aliphatic carbocycles. The third-order valence-corrected chi connectivity index (χ3v) is 3.16. The Morgan fingerprint density at radius 3 is 2.80 bits per heavy atom. The summed E-state index contributed by atoms with van der Waals surface area (Å²) < 4.78 is 4.71. The molecule has 6 heteroatoms. The molecule has 1 heterocycles. The van der Waals surface area contributed by atoms with Gasteiger partial charge in [0.2, 0.25) is 0 Å². The third-order valence-electron chi connectivity index (χ3n) is 2.75. The van der Waals surface area contributed by atoms with Crippen LogP contribution in [0.15, 0.2) is 30.5 Å². The first-order valence-electron chi connectivity index (χ1n) is 5.88. The number of rotatable bonds is 3. The number of esters is 1. The highest BCUT2D eigenvalue weighted by Gasteiger charge is 2.14. The van der Waals surface area contributed by atoms with E-state index >= 15 is 0 Å². The van der Waals surface area contributed by atoms with Crippen molar-refractivity contribution in [3.8, 4) is 0 Å². The summed E-state index contributed by atoms with van der Waals surface area (Å²) in [5.74, 6) is -0.142. The van der Waals surface area contributed by atoms with Gasteiger partial charge in [0.1, 0.15) is 11.4 Å². The molecule has 3 N–H and O–H groups in total. The Morgan fingerprint density at radius 2 is 2.15 bits per heavy atom. The van der Waals surface area contributed by atoms with E-state index in [9.17, 15) is 4.79 Å². The molecule has 1 aromatic carbocycles. The standard InChI is InChI=1S/C14H14ClN3O2/c1-8-3-4-10(6-12(8)15)18-13-11(14(19)20-2)5-9(16)7-17-13/h3-7H,16H2,1-2H3,(H,17,18). The van der Waals surface area contributed by atoms with Gasteiger partial charge in [-0.2, -0.15) is 0 Å². The molecule has 2 aromatic rings. The molecule has 2 rings (SSSR count). The number of aryl methyl sites for hydroxylation is 1. The Hall–Kier alpha value is -2.27. The second-order valence-electron chi connectivity index (χ2n) is 4.25. The maximum Gasteiger partial charge on any atom is 0.341 e. The van der Waals surface area contributed by atoms with Gasteiger partial charge < -0.3 is 15.8 Å². The second kappa shape index (κ2) is 5.79. The average Bonchev–Trinajstić information content (AvgIpc) is 2.44. The fourth-order valence-corrected chi connectivity index (χ4v) is 1.83. The topological polar surface area (TPSA) is 77.2 Å². The van der Waals surface area contributed by atoms with Crippen molar-refractivity contribution >= 4 is 34.8 Å². The molecular weight excluding hydrogens is 278 g/mol. The zero-order valence-corrected chi connectivity index (χ0v) is 11.9. The molecule has 1 aromatic heterocycles. The quantitative estimate of drug-likeness (QED) is 0.850. The normalized spacial score (nSPS) is 10.2. The van der Waals surface area contributed by atoms with Crippen molar-refractivity contribution in [3.63, 3.8) is 0 Å². The molecule has 0 saturated heterocycles. The first-order valence-corrected chi connectivity index (χ1v) is 6.26. The number of ether oxygens (including phenoxy) is 1. The largest absolute Gasteiger partial charge is 0.465 e. The molecule has 20 heavy (non-hydrogen) atoms. The van der Waals surface area contributed by atoms with Gasteiger partial charge in [-0.05, 0) is 30.7 Å². The number of methoxy groups -OCH3 is 1. The number of benzene rings is 1. The lowest BCUT2D eigenvalue weighted by molar-refractivity contribution is 0.0601. The summed E-state index contributed by atoms with van der Waals surface area (Å²) in [6, 6.07) is 6.99. The Morgan fingerprint density at radius 1 is 1.40 bits per heavy atom. The maximum atomic E-state index is 11.7. The van der Waals surface area contributed by atoms with Gasteiger partial charge in [-0.15, -0.1) is 0 Å². The van der Waals surface area contributed by atoms with Crippen LogP contribution in [0.2, 0.25) is 5.02 Å². The Labute approximate surface area is 121 Å². The molecule has 0 fully saturated rings. The fourth-order valence-electron chi connectivity index (χ4n) is 1.65. The molecule has 0 aliphatic heterocycles. The summed E-state index contributed by atoms with van der Waals surface area (Å²) in [4.78, 5) is 15.8. The number of halogens is 1. The number of carbonyl (C=O) groups is 1. The van der Waals surface area contributed by atoms with Crippen LogP contribution < -0.4 is 11.1 Å². The smallest absolute Gasteiger partial charge is 0.341 e. The van der Waals surface area contributed by atoms with Gasteiger partial charge in [-0.3, -0.25) is 0 Å². The highest BCUT2D eigenvalue weighted by atomic mass is 35.5. The molecule has 104 valence electrons. The number of aromatic nitrogens is 1. The van der Waals surface area contributed by atoms with Crippen molar-refractivity contribution in [2.45, 2.75) is 6.92 Å². The van der Waals surface area contributed by atoms with E-state index in [0.717, 1.165) is 11.3 Å². The fraction of sp³-hybridized carbons (Fsp3) is 0.143. The van der Waals surface area contributed by atoms with E-state index in [1.807, 2.05) is 19.1 Å². The third kappa shape index (κ3) is 3.00. The summed E-state index contributed by atoms with van der Waals surface area (Å²) in [7, 11) is 1.30. The van der Waals surface area contributed by atoms with Crippen molar-refractivity contribution < 1.29 is 9.53 Å². The van der Waals surface area contributed by atoms with Crippen LogP contribution in [0.3, 0.4) is 0 Å². The van der Waals surface area contributed by atoms with E-state index in [1.165, 1.54) is 19.4 Å². The van der Waals surface area contributed by atoms with E-state index in [4.69, 9.17) is 22.1 Å². The molecular formula is C14H14ClN3O2. The molecule has 0 atom stereocenters. The van der Waals surface area contributed by atoms with Gasteiger partial charge in [-0.25, -0.2) is 9.78 Å². The number of nitrogens with two attached hydrogens (primary N) is 1. The van der Waals surface area contributed by atoms with Gasteiger partial charge >= 0.3 is 5.97 Å². The Bertz CT molecular complexity index is 659. The lowest BCUT2D eigenvalue weighted by Gasteiger charge is -2.11. The molecule has 0 amide bonds. The average molecular weight is 292 g/mol. The SMILES string of the molecule is COC(=O)c1cc(N)cnc1Nc1ccc(C)c(Cl)c1. The molecule has 0 aliphatic rings. The lowest BCUT2D eigenvalue weighted by Crippen LogP contribution is -2.08. The van der Waals surface area contributed by atoms with Crippen LogP contribution in [0.5, 0.6) is 0 Å². The summed E-state index contributed by atoms with van der Waals surface area (Å²) >= 11 is 6.06. The Balaban J connectivity index is 2.37. The monoisotopic (exact) mass is 291 g/mol. The number of nitrogen functional groups attached to an aromatic ring is 1. The zero-order chi connectivity index (χ0) is 14.7. The molecule has 0 unspecified atom stereocenters. The summed E-state index contributed by atoms with van der Waals surface area (Å²) in [6.07, 6.45) is 1.46. The summed E-state index contributed by atoms with van der Waals surface area (Å²) in [5.41, 5.74) is 7.99. The minimum absolute atomic E-state index is 0.268. The molecule has 0 bridgehead atoms. The van der Waals surface area contributed by atoms with Crippen LogP contribution >= 0.6 is 11.6 Å². The van der Waals surface area contributed by atoms with Crippen molar-refractivity contribution in [3.05, 3.63) is 46.6 Å². The molecule has 0 spiro atoms. The summed E-state index contributed by atoms with van der Waals surface area (Å²) in [5, 5.41) is 3.66. The predicted octanol–water partition coefficient (Wildman–Crippen LogP) is 3.16. The number of pyridine rings is 1. The lowest BCUT2D eigenvalue weighted by atomic mass is 10.2. The van der Waals surface area contributed by atoms with Gasteiger partial charge in [0.15, 0.2) is 0 Å². The van der Waals surface area contributed by atoms with E-state index in [1.54, 1.807) is 6.07 Å². The number of nitrogens with zero attached hydrogens (tertiary/aromatic N) is 1. The van der Waals surface area contributed by atoms with Crippen LogP contribution in [0.1, 0.15) is 15.9 Å². The number of hydrogen-bond donors (Lipinski definition) is 2. The Kier molecular flexibility index (Phi) is 4.10. The van der Waals surface area contributed by atoms with Crippen LogP contribution in [0.25, 0.3) is 0 Å². The van der Waals surface area contributed by atoms with E-state index in [-0.39, 0.29) is 5.56 Å². The maximum absolute atomic E-state index is 11.7. The van der Waals surface area contributed by atoms with E-state index < -0.39 is 5.97 Å². The minimum atomic E-state index is -0.509. The molecule has 5 nitrogen and oxygen atoms in total. The van der Waals surface area contributed by atoms with Gasteiger partial charge in [-0.1, -0.05) is 17.7 Å². The van der Waals surface area contributed by atoms with Crippen molar-refractivity contribution in [1.29, 1.82) is 0 Å². The van der Waals surface area contributed by atoms with Crippen LogP contribution in [0, 0.1) is 6.92 Å². The van der Waals surface area contributed by atoms with E-state index in [2.05, 4.69) is 10.3 Å². The van der Waals surface area contributed by atoms with Gasteiger partial charge in [0.05, 0.1) is 19.0 Å². The zero-order valence-electron chi connectivity index (χ0n) is 11.1. The van der Waals surface area contributed by atoms with Crippen LogP contribution in [-0.2, 0) is 4.74 Å². The number of carbonyl (C=O) groups excluding carboxylic acids is 1.